The molecule has 1 heterocycles. The third-order valence-electron chi connectivity index (χ3n) is 2.82. The van der Waals surface area contributed by atoms with Crippen molar-refractivity contribution in [2.75, 3.05) is 0 Å². The van der Waals surface area contributed by atoms with Crippen LogP contribution < -0.4 is 0 Å². The van der Waals surface area contributed by atoms with Gasteiger partial charge in [0.15, 0.2) is 0 Å². The van der Waals surface area contributed by atoms with Crippen LogP contribution in [-0.4, -0.2) is 16.7 Å². The largest absolute Gasteiger partial charge is 0.456 e. The lowest BCUT2D eigenvalue weighted by Gasteiger charge is -2.19. The molecule has 0 spiro atoms. The molecule has 1 aliphatic rings. The average molecular weight is 330 g/mol. The summed E-state index contributed by atoms with van der Waals surface area (Å²) in [6.07, 6.45) is -6.17. The Balaban J connectivity index is 2.21. The molecule has 116 valence electrons. The highest BCUT2D eigenvalue weighted by atomic mass is 32.2. The van der Waals surface area contributed by atoms with Crippen LogP contribution in [0.25, 0.3) is 0 Å². The molecule has 0 aliphatic carbocycles. The first-order valence-electron chi connectivity index (χ1n) is 5.67. The van der Waals surface area contributed by atoms with Gasteiger partial charge in [0.2, 0.25) is 0 Å². The Bertz CT molecular complexity index is 522. The van der Waals surface area contributed by atoms with E-state index >= 15 is 0 Å². The summed E-state index contributed by atoms with van der Waals surface area (Å²) in [6.45, 7) is 0. The molecule has 2 rings (SSSR count). The minimum Gasteiger partial charge on any atom is -0.456 e. The number of carbonyl (C=O) groups is 1. The number of halogens is 6. The van der Waals surface area contributed by atoms with Crippen molar-refractivity contribution in [2.45, 2.75) is 29.5 Å². The number of benzene rings is 1. The predicted octanol–water partition coefficient (Wildman–Crippen LogP) is 4.32. The molecular formula is C12H8F6O2S. The fourth-order valence-electron chi connectivity index (χ4n) is 1.96. The number of esters is 1. The quantitative estimate of drug-likeness (QED) is 0.597. The van der Waals surface area contributed by atoms with E-state index in [0.29, 0.717) is 0 Å². The van der Waals surface area contributed by atoms with Gasteiger partial charge in [-0.2, -0.15) is 26.3 Å². The van der Waals surface area contributed by atoms with E-state index in [9.17, 15) is 31.1 Å². The normalized spacial score (nSPS) is 23.2. The lowest BCUT2D eigenvalue weighted by Crippen LogP contribution is -2.16. The molecule has 9 heteroatoms. The second-order valence-electron chi connectivity index (χ2n) is 4.34. The lowest BCUT2D eigenvalue weighted by molar-refractivity contribution is -0.142. The molecule has 2 atom stereocenters. The summed E-state index contributed by atoms with van der Waals surface area (Å²) in [6, 6.07) is 3.54. The van der Waals surface area contributed by atoms with E-state index in [0.717, 1.165) is 24.3 Å². The first kappa shape index (κ1) is 16.0. The monoisotopic (exact) mass is 330 g/mol. The Morgan fingerprint density at radius 2 is 1.62 bits per heavy atom. The van der Waals surface area contributed by atoms with Gasteiger partial charge < -0.3 is 4.74 Å². The summed E-state index contributed by atoms with van der Waals surface area (Å²) in [7, 11) is 0. The van der Waals surface area contributed by atoms with E-state index < -0.39 is 41.0 Å². The van der Waals surface area contributed by atoms with Crippen molar-refractivity contribution in [3.05, 3.63) is 35.4 Å². The topological polar surface area (TPSA) is 26.3 Å². The smallest absolute Gasteiger partial charge is 0.442 e. The number of alkyl halides is 6. The van der Waals surface area contributed by atoms with Gasteiger partial charge in [0, 0.05) is 0 Å². The van der Waals surface area contributed by atoms with Crippen LogP contribution in [0.4, 0.5) is 26.3 Å². The van der Waals surface area contributed by atoms with Gasteiger partial charge in [-0.15, -0.1) is 0 Å². The number of cyclic esters (lactones) is 1. The Kier molecular flexibility index (Phi) is 4.14. The van der Waals surface area contributed by atoms with Gasteiger partial charge in [0.1, 0.15) is 6.10 Å². The summed E-state index contributed by atoms with van der Waals surface area (Å²) in [5.41, 5.74) is -5.37. The Labute approximate surface area is 119 Å². The van der Waals surface area contributed by atoms with E-state index in [2.05, 4.69) is 0 Å². The van der Waals surface area contributed by atoms with Gasteiger partial charge in [0.25, 0.3) is 0 Å². The van der Waals surface area contributed by atoms with Crippen LogP contribution in [0.2, 0.25) is 0 Å². The summed E-state index contributed by atoms with van der Waals surface area (Å²) in [5, 5.41) is -1.20. The molecule has 1 aromatic carbocycles. The average Bonchev–Trinajstić information content (AvgIpc) is 2.67. The van der Waals surface area contributed by atoms with Crippen molar-refractivity contribution in [1.82, 2.24) is 0 Å². The molecule has 0 unspecified atom stereocenters. The molecule has 1 fully saturated rings. The first-order chi connectivity index (χ1) is 9.56. The Hall–Kier alpha value is -1.38. The zero-order valence-corrected chi connectivity index (χ0v) is 11.0. The molecule has 0 saturated carbocycles. The van der Waals surface area contributed by atoms with E-state index in [1.807, 2.05) is 0 Å². The zero-order chi connectivity index (χ0) is 15.8. The van der Waals surface area contributed by atoms with Crippen molar-refractivity contribution < 1.29 is 35.9 Å². The van der Waals surface area contributed by atoms with Crippen molar-refractivity contribution in [3.8, 4) is 0 Å². The second kappa shape index (κ2) is 5.43. The molecule has 0 aromatic heterocycles. The lowest BCUT2D eigenvalue weighted by atomic mass is 10.0. The molecule has 0 bridgehead atoms. The van der Waals surface area contributed by atoms with Gasteiger partial charge >= 0.3 is 17.7 Å². The van der Waals surface area contributed by atoms with Crippen molar-refractivity contribution in [3.63, 3.8) is 0 Å². The molecule has 1 aliphatic heterocycles. The molecule has 21 heavy (non-hydrogen) atoms. The third kappa shape index (κ3) is 4.05. The number of hydrogen-bond acceptors (Lipinski definition) is 3. The van der Waals surface area contributed by atoms with Crippen LogP contribution in [-0.2, 0) is 15.7 Å². The summed E-state index contributed by atoms with van der Waals surface area (Å²) in [4.78, 5) is 11.2. The van der Waals surface area contributed by atoms with Crippen molar-refractivity contribution in [1.29, 1.82) is 0 Å². The fraction of sp³-hybridized carbons (Fsp3) is 0.417. The maximum atomic E-state index is 12.4. The number of carbonyl (C=O) groups excluding carboxylic acids is 1. The van der Waals surface area contributed by atoms with Crippen LogP contribution in [0.5, 0.6) is 0 Å². The zero-order valence-electron chi connectivity index (χ0n) is 10.2. The Morgan fingerprint density at radius 3 is 2.10 bits per heavy atom. The molecule has 0 N–H and O–H groups in total. The van der Waals surface area contributed by atoms with Gasteiger partial charge in [-0.05, 0) is 29.5 Å². The third-order valence-corrected chi connectivity index (χ3v) is 3.80. The van der Waals surface area contributed by atoms with Gasteiger partial charge in [0.05, 0.1) is 17.2 Å². The number of thioether (sulfide) groups is 1. The fourth-order valence-corrected chi connectivity index (χ4v) is 2.86. The minimum atomic E-state index is -4.55. The van der Waals surface area contributed by atoms with Crippen LogP contribution in [0.3, 0.4) is 0 Å². The van der Waals surface area contributed by atoms with Gasteiger partial charge in [-0.3, -0.25) is 4.79 Å². The van der Waals surface area contributed by atoms with E-state index in [-0.39, 0.29) is 17.3 Å². The summed E-state index contributed by atoms with van der Waals surface area (Å²) >= 11 is -0.387. The van der Waals surface area contributed by atoms with E-state index in [4.69, 9.17) is 4.74 Å². The van der Waals surface area contributed by atoms with E-state index in [1.165, 1.54) is 0 Å². The van der Waals surface area contributed by atoms with E-state index in [1.54, 1.807) is 0 Å². The predicted molar refractivity (Wildman–Crippen MR) is 62.3 cm³/mol. The standard InChI is InChI=1S/C12H8F6O2S/c13-11(14,15)7-3-1-6(2-4-7)10-8(5-9(19)20-10)21-12(16,17)18/h1-4,8,10H,5H2/t8-,10+/m0/s1. The maximum absolute atomic E-state index is 12.4. The molecular weight excluding hydrogens is 322 g/mol. The highest BCUT2D eigenvalue weighted by Crippen LogP contribution is 2.45. The van der Waals surface area contributed by atoms with Crippen molar-refractivity contribution >= 4 is 17.7 Å². The molecule has 1 saturated heterocycles. The van der Waals surface area contributed by atoms with Crippen LogP contribution in [0.1, 0.15) is 23.7 Å². The second-order valence-corrected chi connectivity index (χ2v) is 5.64. The molecule has 2 nitrogen and oxygen atoms in total. The highest BCUT2D eigenvalue weighted by Gasteiger charge is 2.44. The summed E-state index contributed by atoms with van der Waals surface area (Å²) in [5.74, 6) is -0.804. The number of rotatable bonds is 2. The van der Waals surface area contributed by atoms with Gasteiger partial charge in [-0.1, -0.05) is 12.1 Å². The number of ether oxygens (including phenoxy) is 1. The first-order valence-corrected chi connectivity index (χ1v) is 6.55. The number of hydrogen-bond donors (Lipinski definition) is 0. The Morgan fingerprint density at radius 1 is 1.05 bits per heavy atom. The molecule has 0 amide bonds. The minimum absolute atomic E-state index is 0.107. The highest BCUT2D eigenvalue weighted by molar-refractivity contribution is 8.00. The van der Waals surface area contributed by atoms with Gasteiger partial charge in [-0.25, -0.2) is 0 Å². The van der Waals surface area contributed by atoms with Crippen molar-refractivity contribution in [2.24, 2.45) is 0 Å². The molecule has 0 radical (unpaired) electrons. The molecule has 1 aromatic rings. The van der Waals surface area contributed by atoms with Crippen LogP contribution in [0, 0.1) is 0 Å². The maximum Gasteiger partial charge on any atom is 0.442 e. The van der Waals surface area contributed by atoms with Crippen LogP contribution >= 0.6 is 11.8 Å². The summed E-state index contributed by atoms with van der Waals surface area (Å²) < 4.78 is 79.2. The van der Waals surface area contributed by atoms with Crippen LogP contribution in [0.15, 0.2) is 24.3 Å². The SMILES string of the molecule is O=C1C[C@H](SC(F)(F)F)[C@@H](c2ccc(C(F)(F)F)cc2)O1.